The normalized spacial score (nSPS) is 16.3. The van der Waals surface area contributed by atoms with Gasteiger partial charge in [-0.25, -0.2) is 4.57 Å². The van der Waals surface area contributed by atoms with E-state index in [0.717, 1.165) is 6.92 Å². The van der Waals surface area contributed by atoms with Crippen LogP contribution in [0.2, 0.25) is 0 Å². The molecule has 0 radical (unpaired) electrons. The van der Waals surface area contributed by atoms with Crippen LogP contribution in [0.1, 0.15) is 13.8 Å². The summed E-state index contributed by atoms with van der Waals surface area (Å²) in [6, 6.07) is 0. The van der Waals surface area contributed by atoms with Gasteiger partial charge < -0.3 is 9.42 Å². The zero-order chi connectivity index (χ0) is 7.49. The van der Waals surface area contributed by atoms with Crippen LogP contribution in [0.25, 0.3) is 0 Å². The average Bonchev–Trinajstić information content (AvgIpc) is 1.63. The van der Waals surface area contributed by atoms with Crippen LogP contribution in [0.15, 0.2) is 0 Å². The Labute approximate surface area is 53.4 Å². The summed E-state index contributed by atoms with van der Waals surface area (Å²) in [5, 5.41) is 0. The number of hydrogen-bond acceptors (Lipinski definition) is 3. The lowest BCUT2D eigenvalue weighted by atomic mass is 10.9. The first kappa shape index (κ1) is 8.66. The van der Waals surface area contributed by atoms with Gasteiger partial charge in [0.2, 0.25) is 0 Å². The van der Waals surface area contributed by atoms with E-state index in [2.05, 4.69) is 4.52 Å². The largest absolute Gasteiger partial charge is 0.392 e. The van der Waals surface area contributed by atoms with Gasteiger partial charge in [0.25, 0.3) is 0 Å². The van der Waals surface area contributed by atoms with Crippen LogP contribution in [0, 0.1) is 0 Å². The molecule has 0 aromatic carbocycles. The Bertz CT molecular complexity index is 153. The molecule has 0 saturated carbocycles. The van der Waals surface area contributed by atoms with Gasteiger partial charge in [-0.15, -0.1) is 0 Å². The predicted octanol–water partition coefficient (Wildman–Crippen LogP) is 0.755. The maximum atomic E-state index is 10.5. The molecule has 1 unspecified atom stereocenters. The monoisotopic (exact) mass is 152 g/mol. The molecule has 9 heavy (non-hydrogen) atoms. The summed E-state index contributed by atoms with van der Waals surface area (Å²) in [6.45, 7) is 2.57. The lowest BCUT2D eigenvalue weighted by Crippen LogP contribution is -1.97. The Hall–Kier alpha value is -0.340. The standard InChI is InChI=1S/C4H9O4P/c1-3-9(6,7)8-4(2)5/h3H2,1-2H3,(H,6,7). The highest BCUT2D eigenvalue weighted by atomic mass is 31.2. The highest BCUT2D eigenvalue weighted by Crippen LogP contribution is 2.40. The first-order valence-electron chi connectivity index (χ1n) is 2.50. The van der Waals surface area contributed by atoms with Crippen molar-refractivity contribution in [3.05, 3.63) is 0 Å². The Morgan fingerprint density at radius 3 is 2.33 bits per heavy atom. The van der Waals surface area contributed by atoms with Crippen LogP contribution in [0.3, 0.4) is 0 Å². The molecule has 1 N–H and O–H groups in total. The second-order valence-corrected chi connectivity index (χ2v) is 3.63. The van der Waals surface area contributed by atoms with Crippen LogP contribution < -0.4 is 0 Å². The number of hydrogen-bond donors (Lipinski definition) is 1. The minimum absolute atomic E-state index is 0.0351. The van der Waals surface area contributed by atoms with Crippen molar-refractivity contribution in [2.75, 3.05) is 6.16 Å². The molecular formula is C4H9O4P. The SMILES string of the molecule is CCP(=O)(O)OC(C)=O. The van der Waals surface area contributed by atoms with E-state index in [4.69, 9.17) is 4.89 Å². The second kappa shape index (κ2) is 2.99. The van der Waals surface area contributed by atoms with Gasteiger partial charge in [-0.05, 0) is 0 Å². The lowest BCUT2D eigenvalue weighted by molar-refractivity contribution is -0.132. The zero-order valence-corrected chi connectivity index (χ0v) is 6.22. The highest BCUT2D eigenvalue weighted by molar-refractivity contribution is 7.53. The first-order valence-corrected chi connectivity index (χ1v) is 4.26. The van der Waals surface area contributed by atoms with E-state index in [-0.39, 0.29) is 6.16 Å². The molecule has 5 heteroatoms. The summed E-state index contributed by atoms with van der Waals surface area (Å²) in [5.74, 6) is -0.720. The van der Waals surface area contributed by atoms with Crippen LogP contribution in [0.5, 0.6) is 0 Å². The molecular weight excluding hydrogens is 143 g/mol. The summed E-state index contributed by atoms with van der Waals surface area (Å²) >= 11 is 0. The minimum Gasteiger partial charge on any atom is -0.392 e. The number of carbonyl (C=O) groups is 1. The topological polar surface area (TPSA) is 63.6 Å². The van der Waals surface area contributed by atoms with E-state index >= 15 is 0 Å². The fourth-order valence-electron chi connectivity index (χ4n) is 0.265. The molecule has 0 aromatic rings. The average molecular weight is 152 g/mol. The van der Waals surface area contributed by atoms with E-state index in [1.54, 1.807) is 0 Å². The van der Waals surface area contributed by atoms with Gasteiger partial charge in [0, 0.05) is 6.92 Å². The van der Waals surface area contributed by atoms with Crippen LogP contribution in [-0.4, -0.2) is 17.0 Å². The van der Waals surface area contributed by atoms with Crippen molar-refractivity contribution < 1.29 is 18.8 Å². The van der Waals surface area contributed by atoms with Gasteiger partial charge in [-0.1, -0.05) is 6.92 Å². The van der Waals surface area contributed by atoms with Gasteiger partial charge in [-0.3, -0.25) is 4.79 Å². The fourth-order valence-corrected chi connectivity index (χ4v) is 0.796. The van der Waals surface area contributed by atoms with Crippen LogP contribution >= 0.6 is 7.60 Å². The van der Waals surface area contributed by atoms with Gasteiger partial charge >= 0.3 is 13.6 Å². The Kier molecular flexibility index (Phi) is 2.88. The van der Waals surface area contributed by atoms with Crippen LogP contribution in [-0.2, 0) is 13.9 Å². The van der Waals surface area contributed by atoms with E-state index in [0.29, 0.717) is 0 Å². The van der Waals surface area contributed by atoms with E-state index < -0.39 is 13.6 Å². The van der Waals surface area contributed by atoms with Gasteiger partial charge in [0.15, 0.2) is 0 Å². The molecule has 0 aliphatic heterocycles. The van der Waals surface area contributed by atoms with Gasteiger partial charge in [0.05, 0.1) is 6.16 Å². The lowest BCUT2D eigenvalue weighted by Gasteiger charge is -2.05. The molecule has 0 heterocycles. The van der Waals surface area contributed by atoms with Crippen molar-refractivity contribution in [2.24, 2.45) is 0 Å². The maximum absolute atomic E-state index is 10.5. The molecule has 0 saturated heterocycles. The molecule has 0 rings (SSSR count). The predicted molar refractivity (Wildman–Crippen MR) is 32.1 cm³/mol. The van der Waals surface area contributed by atoms with E-state index in [1.165, 1.54) is 6.92 Å². The van der Waals surface area contributed by atoms with Gasteiger partial charge in [-0.2, -0.15) is 0 Å². The van der Waals surface area contributed by atoms with Crippen molar-refractivity contribution >= 4 is 13.6 Å². The van der Waals surface area contributed by atoms with Crippen molar-refractivity contribution in [1.29, 1.82) is 0 Å². The first-order chi connectivity index (χ1) is 3.98. The Balaban J connectivity index is 3.88. The molecule has 0 fully saturated rings. The molecule has 0 aromatic heterocycles. The third-order valence-electron chi connectivity index (χ3n) is 0.671. The molecule has 54 valence electrons. The number of carbonyl (C=O) groups excluding carboxylic acids is 1. The third-order valence-corrected chi connectivity index (χ3v) is 2.01. The van der Waals surface area contributed by atoms with Crippen LogP contribution in [0.4, 0.5) is 0 Å². The summed E-state index contributed by atoms with van der Waals surface area (Å²) in [4.78, 5) is 18.7. The molecule has 0 spiro atoms. The maximum Gasteiger partial charge on any atom is 0.378 e. The Morgan fingerprint density at radius 2 is 2.22 bits per heavy atom. The molecule has 4 nitrogen and oxygen atoms in total. The molecule has 1 atom stereocenters. The van der Waals surface area contributed by atoms with E-state index in [9.17, 15) is 9.36 Å². The fraction of sp³-hybridized carbons (Fsp3) is 0.750. The quantitative estimate of drug-likeness (QED) is 0.593. The molecule has 0 bridgehead atoms. The third kappa shape index (κ3) is 4.18. The molecule has 0 aliphatic carbocycles. The Morgan fingerprint density at radius 1 is 1.78 bits per heavy atom. The van der Waals surface area contributed by atoms with Crippen molar-refractivity contribution in [2.45, 2.75) is 13.8 Å². The van der Waals surface area contributed by atoms with Crippen molar-refractivity contribution in [1.82, 2.24) is 0 Å². The smallest absolute Gasteiger partial charge is 0.378 e. The molecule has 0 aliphatic rings. The van der Waals surface area contributed by atoms with Crippen molar-refractivity contribution in [3.63, 3.8) is 0 Å². The van der Waals surface area contributed by atoms with Gasteiger partial charge in [0.1, 0.15) is 0 Å². The number of rotatable bonds is 2. The zero-order valence-electron chi connectivity index (χ0n) is 5.33. The summed E-state index contributed by atoms with van der Waals surface area (Å²) in [6.07, 6.45) is -0.0351. The summed E-state index contributed by atoms with van der Waals surface area (Å²) in [5.41, 5.74) is 0. The highest BCUT2D eigenvalue weighted by Gasteiger charge is 2.17. The second-order valence-electron chi connectivity index (χ2n) is 1.54. The summed E-state index contributed by atoms with van der Waals surface area (Å²) in [7, 11) is -3.58. The molecule has 0 amide bonds. The van der Waals surface area contributed by atoms with Crippen molar-refractivity contribution in [3.8, 4) is 0 Å². The minimum atomic E-state index is -3.58. The summed E-state index contributed by atoms with van der Waals surface area (Å²) < 4.78 is 14.6. The van der Waals surface area contributed by atoms with E-state index in [1.807, 2.05) is 0 Å².